The standard InChI is InChI=1S/C12H24N2/c1-11-6-7-12(11,10-13)14-8-4-2-3-5-9-14/h11H,2-10,13H2,1H3. The van der Waals surface area contributed by atoms with Gasteiger partial charge in [0.2, 0.25) is 0 Å². The van der Waals surface area contributed by atoms with Gasteiger partial charge in [-0.3, -0.25) is 4.90 Å². The molecule has 0 spiro atoms. The second kappa shape index (κ2) is 4.19. The summed E-state index contributed by atoms with van der Waals surface area (Å²) in [6, 6.07) is 0. The summed E-state index contributed by atoms with van der Waals surface area (Å²) in [6.45, 7) is 5.83. The molecule has 1 aliphatic heterocycles. The maximum absolute atomic E-state index is 6.00. The lowest BCUT2D eigenvalue weighted by molar-refractivity contribution is -0.0275. The monoisotopic (exact) mass is 196 g/mol. The van der Waals surface area contributed by atoms with Gasteiger partial charge in [-0.15, -0.1) is 0 Å². The van der Waals surface area contributed by atoms with Gasteiger partial charge in [0.1, 0.15) is 0 Å². The highest BCUT2D eigenvalue weighted by atomic mass is 15.2. The average molecular weight is 196 g/mol. The summed E-state index contributed by atoms with van der Waals surface area (Å²) in [5.74, 6) is 0.825. The molecule has 2 aliphatic rings. The number of likely N-dealkylation sites (tertiary alicyclic amines) is 1. The van der Waals surface area contributed by atoms with Gasteiger partial charge in [0.25, 0.3) is 0 Å². The summed E-state index contributed by atoms with van der Waals surface area (Å²) in [5.41, 5.74) is 6.39. The van der Waals surface area contributed by atoms with Crippen molar-refractivity contribution in [3.63, 3.8) is 0 Å². The van der Waals surface area contributed by atoms with Crippen LogP contribution in [-0.2, 0) is 0 Å². The topological polar surface area (TPSA) is 29.3 Å². The molecule has 2 atom stereocenters. The zero-order valence-corrected chi connectivity index (χ0v) is 9.47. The molecule has 2 unspecified atom stereocenters. The van der Waals surface area contributed by atoms with Crippen LogP contribution in [0.1, 0.15) is 45.4 Å². The van der Waals surface area contributed by atoms with E-state index in [0.29, 0.717) is 5.54 Å². The average Bonchev–Trinajstić information content (AvgIpc) is 2.46. The van der Waals surface area contributed by atoms with E-state index in [2.05, 4.69) is 11.8 Å². The molecule has 1 aliphatic carbocycles. The van der Waals surface area contributed by atoms with Gasteiger partial charge in [-0.1, -0.05) is 19.8 Å². The van der Waals surface area contributed by atoms with E-state index < -0.39 is 0 Å². The van der Waals surface area contributed by atoms with Gasteiger partial charge in [0, 0.05) is 12.1 Å². The first-order valence-electron chi connectivity index (χ1n) is 6.25. The third kappa shape index (κ3) is 1.59. The predicted molar refractivity (Wildman–Crippen MR) is 60.2 cm³/mol. The maximum atomic E-state index is 6.00. The first-order valence-corrected chi connectivity index (χ1v) is 6.25. The van der Waals surface area contributed by atoms with Crippen LogP contribution < -0.4 is 5.73 Å². The predicted octanol–water partition coefficient (Wildman–Crippen LogP) is 1.99. The van der Waals surface area contributed by atoms with E-state index in [4.69, 9.17) is 5.73 Å². The third-order valence-corrected chi connectivity index (χ3v) is 4.52. The lowest BCUT2D eigenvalue weighted by Gasteiger charge is -2.54. The number of nitrogens with zero attached hydrogens (tertiary/aromatic N) is 1. The zero-order chi connectivity index (χ0) is 10.0. The van der Waals surface area contributed by atoms with Crippen molar-refractivity contribution >= 4 is 0 Å². The van der Waals surface area contributed by atoms with E-state index in [9.17, 15) is 0 Å². The molecule has 2 nitrogen and oxygen atoms in total. The lowest BCUT2D eigenvalue weighted by atomic mass is 9.66. The van der Waals surface area contributed by atoms with Gasteiger partial charge in [0.15, 0.2) is 0 Å². The number of nitrogens with two attached hydrogens (primary N) is 1. The van der Waals surface area contributed by atoms with Crippen molar-refractivity contribution in [3.8, 4) is 0 Å². The fourth-order valence-electron chi connectivity index (χ4n) is 3.18. The zero-order valence-electron chi connectivity index (χ0n) is 9.47. The van der Waals surface area contributed by atoms with Gasteiger partial charge < -0.3 is 5.73 Å². The highest BCUT2D eigenvalue weighted by Gasteiger charge is 2.46. The van der Waals surface area contributed by atoms with E-state index in [-0.39, 0.29) is 0 Å². The third-order valence-electron chi connectivity index (χ3n) is 4.52. The van der Waals surface area contributed by atoms with Gasteiger partial charge in [-0.25, -0.2) is 0 Å². The molecular weight excluding hydrogens is 172 g/mol. The Bertz CT molecular complexity index is 181. The number of hydrogen-bond donors (Lipinski definition) is 1. The number of rotatable bonds is 2. The Hall–Kier alpha value is -0.0800. The maximum Gasteiger partial charge on any atom is 0.0357 e. The first-order chi connectivity index (χ1) is 6.79. The molecule has 0 aromatic rings. The molecule has 2 N–H and O–H groups in total. The molecule has 0 radical (unpaired) electrons. The molecule has 0 amide bonds. The Morgan fingerprint density at radius 2 is 1.86 bits per heavy atom. The molecule has 82 valence electrons. The van der Waals surface area contributed by atoms with E-state index in [1.54, 1.807) is 0 Å². The molecule has 0 aromatic heterocycles. The summed E-state index contributed by atoms with van der Waals surface area (Å²) < 4.78 is 0. The minimum absolute atomic E-state index is 0.393. The second-order valence-electron chi connectivity index (χ2n) is 5.15. The van der Waals surface area contributed by atoms with Crippen LogP contribution in [0, 0.1) is 5.92 Å². The van der Waals surface area contributed by atoms with Crippen LogP contribution in [0.5, 0.6) is 0 Å². The molecule has 1 saturated heterocycles. The summed E-state index contributed by atoms with van der Waals surface area (Å²) in [5, 5.41) is 0. The Labute approximate surface area is 87.8 Å². The normalized spacial score (nSPS) is 40.3. The van der Waals surface area contributed by atoms with Gasteiger partial charge >= 0.3 is 0 Å². The van der Waals surface area contributed by atoms with Crippen LogP contribution in [0.25, 0.3) is 0 Å². The Morgan fingerprint density at radius 3 is 2.21 bits per heavy atom. The highest BCUT2D eigenvalue weighted by molar-refractivity contribution is 5.03. The minimum atomic E-state index is 0.393. The molecule has 0 bridgehead atoms. The lowest BCUT2D eigenvalue weighted by Crippen LogP contribution is -2.63. The second-order valence-corrected chi connectivity index (χ2v) is 5.15. The first kappa shape index (κ1) is 10.4. The molecule has 1 heterocycles. The Balaban J connectivity index is 2.02. The van der Waals surface area contributed by atoms with Crippen LogP contribution in [0.15, 0.2) is 0 Å². The number of hydrogen-bond acceptors (Lipinski definition) is 2. The van der Waals surface area contributed by atoms with Crippen molar-refractivity contribution in [1.29, 1.82) is 0 Å². The van der Waals surface area contributed by atoms with E-state index in [1.165, 1.54) is 51.6 Å². The molecular formula is C12H24N2. The van der Waals surface area contributed by atoms with Crippen molar-refractivity contribution in [1.82, 2.24) is 4.90 Å². The van der Waals surface area contributed by atoms with Crippen molar-refractivity contribution < 1.29 is 0 Å². The van der Waals surface area contributed by atoms with E-state index in [1.807, 2.05) is 0 Å². The van der Waals surface area contributed by atoms with Crippen molar-refractivity contribution in [2.45, 2.75) is 51.0 Å². The fraction of sp³-hybridized carbons (Fsp3) is 1.00. The SMILES string of the molecule is CC1CCC1(CN)N1CCCCCC1. The van der Waals surface area contributed by atoms with Gasteiger partial charge in [-0.05, 0) is 44.7 Å². The fourth-order valence-corrected chi connectivity index (χ4v) is 3.18. The molecule has 1 saturated carbocycles. The highest BCUT2D eigenvalue weighted by Crippen LogP contribution is 2.43. The summed E-state index contributed by atoms with van der Waals surface area (Å²) >= 11 is 0. The van der Waals surface area contributed by atoms with Crippen molar-refractivity contribution in [3.05, 3.63) is 0 Å². The molecule has 2 rings (SSSR count). The molecule has 2 fully saturated rings. The van der Waals surface area contributed by atoms with E-state index in [0.717, 1.165) is 12.5 Å². The summed E-state index contributed by atoms with van der Waals surface area (Å²) in [4.78, 5) is 2.70. The molecule has 0 aromatic carbocycles. The van der Waals surface area contributed by atoms with Crippen molar-refractivity contribution in [2.75, 3.05) is 19.6 Å². The molecule has 2 heteroatoms. The van der Waals surface area contributed by atoms with Crippen LogP contribution >= 0.6 is 0 Å². The van der Waals surface area contributed by atoms with Crippen molar-refractivity contribution in [2.24, 2.45) is 11.7 Å². The van der Waals surface area contributed by atoms with Crippen LogP contribution in [0.3, 0.4) is 0 Å². The summed E-state index contributed by atoms with van der Waals surface area (Å²) in [7, 11) is 0. The van der Waals surface area contributed by atoms with Crippen LogP contribution in [-0.4, -0.2) is 30.1 Å². The molecule has 14 heavy (non-hydrogen) atoms. The smallest absolute Gasteiger partial charge is 0.0357 e. The van der Waals surface area contributed by atoms with Crippen LogP contribution in [0.2, 0.25) is 0 Å². The quantitative estimate of drug-likeness (QED) is 0.732. The van der Waals surface area contributed by atoms with E-state index >= 15 is 0 Å². The Morgan fingerprint density at radius 1 is 1.21 bits per heavy atom. The van der Waals surface area contributed by atoms with Gasteiger partial charge in [-0.2, -0.15) is 0 Å². The van der Waals surface area contributed by atoms with Gasteiger partial charge in [0.05, 0.1) is 0 Å². The Kier molecular flexibility index (Phi) is 3.13. The minimum Gasteiger partial charge on any atom is -0.329 e. The largest absolute Gasteiger partial charge is 0.329 e. The van der Waals surface area contributed by atoms with Crippen LogP contribution in [0.4, 0.5) is 0 Å². The summed E-state index contributed by atoms with van der Waals surface area (Å²) in [6.07, 6.45) is 8.33.